The molecule has 6 nitrogen and oxygen atoms in total. The van der Waals surface area contributed by atoms with Gasteiger partial charge in [0.1, 0.15) is 29.1 Å². The van der Waals surface area contributed by atoms with Crippen molar-refractivity contribution in [2.45, 2.75) is 44.7 Å². The molecule has 1 saturated carbocycles. The fourth-order valence-electron chi connectivity index (χ4n) is 4.30. The Bertz CT molecular complexity index is 1000. The van der Waals surface area contributed by atoms with E-state index >= 15 is 0 Å². The Balaban J connectivity index is 1.92. The molecular weight excluding hydrogens is 394 g/mol. The number of hydrogen-bond donors (Lipinski definition) is 1. The zero-order chi connectivity index (χ0) is 20.7. The van der Waals surface area contributed by atoms with Crippen LogP contribution >= 0.6 is 11.6 Å². The molecule has 1 aliphatic carbocycles. The number of likely N-dealkylation sites (tertiary alicyclic amines) is 1. The van der Waals surface area contributed by atoms with E-state index in [1.165, 1.54) is 13.2 Å². The molecule has 4 rings (SSSR count). The van der Waals surface area contributed by atoms with Crippen LogP contribution in [0.25, 0.3) is 5.76 Å². The number of carbonyl (C=O) groups is 2. The van der Waals surface area contributed by atoms with Gasteiger partial charge in [-0.05, 0) is 50.1 Å². The summed E-state index contributed by atoms with van der Waals surface area (Å²) in [5, 5.41) is 11.5. The van der Waals surface area contributed by atoms with Gasteiger partial charge in [0.05, 0.1) is 18.2 Å². The first-order valence-corrected chi connectivity index (χ1v) is 10.0. The maximum atomic E-state index is 13.0. The molecule has 2 aromatic rings. The van der Waals surface area contributed by atoms with Crippen LogP contribution in [0.2, 0.25) is 5.02 Å². The van der Waals surface area contributed by atoms with Gasteiger partial charge in [0.2, 0.25) is 0 Å². The maximum absolute atomic E-state index is 13.0. The number of rotatable bonds is 4. The van der Waals surface area contributed by atoms with Gasteiger partial charge in [0.25, 0.3) is 11.7 Å². The number of ketones is 1. The lowest BCUT2D eigenvalue weighted by atomic mass is 9.98. The smallest absolute Gasteiger partial charge is 0.296 e. The van der Waals surface area contributed by atoms with Crippen molar-refractivity contribution in [3.63, 3.8) is 0 Å². The lowest BCUT2D eigenvalue weighted by molar-refractivity contribution is -0.141. The van der Waals surface area contributed by atoms with E-state index in [0.29, 0.717) is 22.3 Å². The zero-order valence-electron chi connectivity index (χ0n) is 16.3. The predicted octanol–water partition coefficient (Wildman–Crippen LogP) is 4.61. The third-order valence-electron chi connectivity index (χ3n) is 5.65. The number of aliphatic hydroxyl groups excluding tert-OH is 1. The number of aliphatic hydroxyl groups is 1. The van der Waals surface area contributed by atoms with Crippen molar-refractivity contribution in [1.82, 2.24) is 4.90 Å². The highest BCUT2D eigenvalue weighted by molar-refractivity contribution is 6.46. The Morgan fingerprint density at radius 3 is 2.55 bits per heavy atom. The first-order valence-electron chi connectivity index (χ1n) is 9.62. The highest BCUT2D eigenvalue weighted by Crippen LogP contribution is 2.45. The van der Waals surface area contributed by atoms with Gasteiger partial charge in [-0.25, -0.2) is 0 Å². The van der Waals surface area contributed by atoms with E-state index in [-0.39, 0.29) is 22.9 Å². The molecule has 1 aromatic carbocycles. The molecule has 2 aliphatic rings. The average molecular weight is 416 g/mol. The summed E-state index contributed by atoms with van der Waals surface area (Å²) in [6.45, 7) is 1.80. The lowest BCUT2D eigenvalue weighted by Crippen LogP contribution is -2.37. The maximum Gasteiger partial charge on any atom is 0.296 e. The van der Waals surface area contributed by atoms with Crippen LogP contribution in [-0.2, 0) is 9.59 Å². The topological polar surface area (TPSA) is 80.0 Å². The second kappa shape index (κ2) is 7.59. The lowest BCUT2D eigenvalue weighted by Gasteiger charge is -2.29. The van der Waals surface area contributed by atoms with Gasteiger partial charge in [0.15, 0.2) is 0 Å². The van der Waals surface area contributed by atoms with E-state index in [2.05, 4.69) is 0 Å². The Hall–Kier alpha value is -2.73. The summed E-state index contributed by atoms with van der Waals surface area (Å²) in [5.74, 6) is -0.182. The number of benzene rings is 1. The van der Waals surface area contributed by atoms with Gasteiger partial charge in [-0.1, -0.05) is 24.4 Å². The monoisotopic (exact) mass is 415 g/mol. The van der Waals surface area contributed by atoms with Gasteiger partial charge in [-0.2, -0.15) is 0 Å². The summed E-state index contributed by atoms with van der Waals surface area (Å²) in [6.07, 6.45) is 3.65. The van der Waals surface area contributed by atoms with E-state index < -0.39 is 17.7 Å². The molecule has 1 unspecified atom stereocenters. The number of amides is 1. The summed E-state index contributed by atoms with van der Waals surface area (Å²) in [5.41, 5.74) is 0.259. The van der Waals surface area contributed by atoms with Crippen LogP contribution in [-0.4, -0.2) is 34.8 Å². The first-order chi connectivity index (χ1) is 13.9. The molecule has 0 bridgehead atoms. The molecule has 1 saturated heterocycles. The minimum atomic E-state index is -0.782. The van der Waals surface area contributed by atoms with Crippen molar-refractivity contribution in [2.24, 2.45) is 0 Å². The molecule has 29 heavy (non-hydrogen) atoms. The number of carbonyl (C=O) groups excluding carboxylic acids is 2. The van der Waals surface area contributed by atoms with Crippen molar-refractivity contribution in [2.75, 3.05) is 7.11 Å². The van der Waals surface area contributed by atoms with Crippen molar-refractivity contribution in [1.29, 1.82) is 0 Å². The largest absolute Gasteiger partial charge is 0.507 e. The van der Waals surface area contributed by atoms with Gasteiger partial charge in [-0.15, -0.1) is 0 Å². The van der Waals surface area contributed by atoms with Gasteiger partial charge in [-0.3, -0.25) is 9.59 Å². The van der Waals surface area contributed by atoms with Crippen molar-refractivity contribution in [3.05, 3.63) is 58.0 Å². The normalized spacial score (nSPS) is 21.9. The first kappa shape index (κ1) is 19.6. The number of aryl methyl sites for hydroxylation is 1. The number of halogens is 1. The number of nitrogens with zero attached hydrogens (tertiary/aromatic N) is 1. The Morgan fingerprint density at radius 1 is 1.21 bits per heavy atom. The van der Waals surface area contributed by atoms with Gasteiger partial charge < -0.3 is 19.2 Å². The molecule has 0 radical (unpaired) electrons. The van der Waals surface area contributed by atoms with Crippen LogP contribution in [0.4, 0.5) is 0 Å². The standard InChI is InChI=1S/C22H22ClNO5/c1-12-7-9-17(29-12)19-18(20(25)15-11-13(23)8-10-16(15)28-2)21(26)22(27)24(19)14-5-3-4-6-14/h7-11,14,19,25H,3-6H2,1-2H3/b20-18+. The molecule has 2 heterocycles. The summed E-state index contributed by atoms with van der Waals surface area (Å²) in [4.78, 5) is 27.6. The van der Waals surface area contributed by atoms with E-state index in [0.717, 1.165) is 25.7 Å². The quantitative estimate of drug-likeness (QED) is 0.448. The Kier molecular flexibility index (Phi) is 5.13. The Morgan fingerprint density at radius 2 is 1.93 bits per heavy atom. The van der Waals surface area contributed by atoms with Crippen LogP contribution in [0.15, 0.2) is 40.3 Å². The van der Waals surface area contributed by atoms with E-state index in [9.17, 15) is 14.7 Å². The number of Topliss-reactive ketones (excluding diaryl/α,β-unsaturated/α-hetero) is 1. The second-order valence-corrected chi connectivity index (χ2v) is 7.87. The molecular formula is C22H22ClNO5. The molecule has 2 fully saturated rings. The molecule has 1 atom stereocenters. The van der Waals surface area contributed by atoms with Crippen molar-refractivity contribution < 1.29 is 23.8 Å². The Labute approximate surface area is 173 Å². The minimum absolute atomic E-state index is 0.00295. The van der Waals surface area contributed by atoms with Gasteiger partial charge >= 0.3 is 0 Å². The summed E-state index contributed by atoms with van der Waals surface area (Å²) < 4.78 is 11.1. The van der Waals surface area contributed by atoms with Crippen LogP contribution in [0, 0.1) is 6.92 Å². The second-order valence-electron chi connectivity index (χ2n) is 7.44. The third-order valence-corrected chi connectivity index (χ3v) is 5.88. The molecule has 152 valence electrons. The molecule has 0 spiro atoms. The van der Waals surface area contributed by atoms with E-state index in [1.807, 2.05) is 0 Å². The zero-order valence-corrected chi connectivity index (χ0v) is 17.0. The molecule has 1 N–H and O–H groups in total. The summed E-state index contributed by atoms with van der Waals surface area (Å²) in [7, 11) is 1.46. The fraction of sp³-hybridized carbons (Fsp3) is 0.364. The fourth-order valence-corrected chi connectivity index (χ4v) is 4.47. The summed E-state index contributed by atoms with van der Waals surface area (Å²) in [6, 6.07) is 7.44. The minimum Gasteiger partial charge on any atom is -0.507 e. The predicted molar refractivity (Wildman–Crippen MR) is 108 cm³/mol. The highest BCUT2D eigenvalue weighted by Gasteiger charge is 2.50. The average Bonchev–Trinajstić information content (AvgIpc) is 3.42. The molecule has 1 aromatic heterocycles. The van der Waals surface area contributed by atoms with Gasteiger partial charge in [0, 0.05) is 11.1 Å². The SMILES string of the molecule is COc1ccc(Cl)cc1/C(O)=C1\C(=O)C(=O)N(C2CCCC2)C1c1ccc(C)o1. The van der Waals surface area contributed by atoms with Crippen LogP contribution in [0.3, 0.4) is 0 Å². The van der Waals surface area contributed by atoms with Crippen LogP contribution in [0.5, 0.6) is 5.75 Å². The number of ether oxygens (including phenoxy) is 1. The molecule has 1 amide bonds. The van der Waals surface area contributed by atoms with E-state index in [4.69, 9.17) is 20.8 Å². The van der Waals surface area contributed by atoms with Crippen LogP contribution in [0.1, 0.15) is 48.8 Å². The number of methoxy groups -OCH3 is 1. The van der Waals surface area contributed by atoms with Crippen molar-refractivity contribution in [3.8, 4) is 5.75 Å². The van der Waals surface area contributed by atoms with Crippen LogP contribution < -0.4 is 4.74 Å². The van der Waals surface area contributed by atoms with E-state index in [1.54, 1.807) is 36.1 Å². The number of furan rings is 1. The highest BCUT2D eigenvalue weighted by atomic mass is 35.5. The number of hydrogen-bond acceptors (Lipinski definition) is 5. The third kappa shape index (κ3) is 3.31. The summed E-state index contributed by atoms with van der Waals surface area (Å²) >= 11 is 6.11. The van der Waals surface area contributed by atoms with Crippen molar-refractivity contribution >= 4 is 29.1 Å². The molecule has 1 aliphatic heterocycles. The molecule has 7 heteroatoms.